The second kappa shape index (κ2) is 8.09. The Morgan fingerprint density at radius 2 is 1.55 bits per heavy atom. The number of ketones is 1. The quantitative estimate of drug-likeness (QED) is 0.458. The first-order valence-electron chi connectivity index (χ1n) is 8.34. The van der Waals surface area contributed by atoms with Crippen LogP contribution in [0.15, 0.2) is 0 Å². The summed E-state index contributed by atoms with van der Waals surface area (Å²) in [4.78, 5) is 24.0. The highest BCUT2D eigenvalue weighted by molar-refractivity contribution is 5.83. The van der Waals surface area contributed by atoms with E-state index < -0.39 is 10.8 Å². The predicted octanol–water partition coefficient (Wildman–Crippen LogP) is 3.44. The van der Waals surface area contributed by atoms with Crippen molar-refractivity contribution in [1.29, 1.82) is 0 Å². The molecular formula is C18H36NO3+. The van der Waals surface area contributed by atoms with E-state index in [1.165, 1.54) is 12.8 Å². The highest BCUT2D eigenvalue weighted by Gasteiger charge is 2.38. The minimum atomic E-state index is -0.643. The lowest BCUT2D eigenvalue weighted by atomic mass is 9.73. The van der Waals surface area contributed by atoms with Gasteiger partial charge in [-0.1, -0.05) is 27.2 Å². The SMILES string of the molecule is CCCC[N+](C)(C)CCOC(=O)C(C)(C)CC(C)(C)C(C)=O. The number of rotatable bonds is 10. The van der Waals surface area contributed by atoms with Gasteiger partial charge in [0.15, 0.2) is 0 Å². The second-order valence-corrected chi connectivity index (χ2v) is 8.37. The van der Waals surface area contributed by atoms with E-state index in [9.17, 15) is 9.59 Å². The van der Waals surface area contributed by atoms with Crippen molar-refractivity contribution in [2.24, 2.45) is 10.8 Å². The van der Waals surface area contributed by atoms with E-state index in [4.69, 9.17) is 4.74 Å². The molecular weight excluding hydrogens is 278 g/mol. The average Bonchev–Trinajstić information content (AvgIpc) is 2.34. The van der Waals surface area contributed by atoms with E-state index in [0.717, 1.165) is 17.6 Å². The van der Waals surface area contributed by atoms with Crippen molar-refractivity contribution in [3.05, 3.63) is 0 Å². The number of ether oxygens (including phenoxy) is 1. The number of quaternary nitrogens is 1. The topological polar surface area (TPSA) is 43.4 Å². The van der Waals surface area contributed by atoms with Gasteiger partial charge in [0, 0.05) is 5.41 Å². The molecule has 0 aromatic rings. The molecule has 0 atom stereocenters. The molecule has 0 N–H and O–H groups in total. The summed E-state index contributed by atoms with van der Waals surface area (Å²) in [5.74, 6) is -0.108. The van der Waals surface area contributed by atoms with Gasteiger partial charge >= 0.3 is 5.97 Å². The van der Waals surface area contributed by atoms with Crippen LogP contribution in [0, 0.1) is 10.8 Å². The van der Waals surface area contributed by atoms with Crippen molar-refractivity contribution < 1.29 is 18.8 Å². The summed E-state index contributed by atoms with van der Waals surface area (Å²) in [6.45, 7) is 13.6. The van der Waals surface area contributed by atoms with Crippen LogP contribution in [-0.2, 0) is 14.3 Å². The molecule has 0 aliphatic carbocycles. The Balaban J connectivity index is 4.44. The van der Waals surface area contributed by atoms with Crippen molar-refractivity contribution in [1.82, 2.24) is 0 Å². The number of likely N-dealkylation sites (N-methyl/N-ethyl adjacent to an activating group) is 1. The number of carbonyl (C=O) groups is 2. The maximum atomic E-state index is 12.3. The number of hydrogen-bond acceptors (Lipinski definition) is 3. The lowest BCUT2D eigenvalue weighted by molar-refractivity contribution is -0.890. The molecule has 0 spiro atoms. The van der Waals surface area contributed by atoms with E-state index in [-0.39, 0.29) is 11.8 Å². The van der Waals surface area contributed by atoms with E-state index in [1.54, 1.807) is 6.92 Å². The van der Waals surface area contributed by atoms with Gasteiger partial charge in [0.05, 0.1) is 26.1 Å². The molecule has 22 heavy (non-hydrogen) atoms. The smallest absolute Gasteiger partial charge is 0.311 e. The predicted molar refractivity (Wildman–Crippen MR) is 90.6 cm³/mol. The molecule has 0 saturated heterocycles. The molecule has 4 heteroatoms. The highest BCUT2D eigenvalue weighted by Crippen LogP contribution is 2.35. The third kappa shape index (κ3) is 7.39. The Morgan fingerprint density at radius 1 is 1.00 bits per heavy atom. The number of nitrogens with zero attached hydrogens (tertiary/aromatic N) is 1. The molecule has 0 aliphatic rings. The van der Waals surface area contributed by atoms with Crippen LogP contribution >= 0.6 is 0 Å². The van der Waals surface area contributed by atoms with Gasteiger partial charge in [0.1, 0.15) is 18.9 Å². The van der Waals surface area contributed by atoms with Crippen LogP contribution in [0.2, 0.25) is 0 Å². The maximum Gasteiger partial charge on any atom is 0.311 e. The molecule has 0 saturated carbocycles. The van der Waals surface area contributed by atoms with Crippen LogP contribution in [-0.4, -0.2) is 50.0 Å². The molecule has 0 aromatic heterocycles. The van der Waals surface area contributed by atoms with Crippen molar-refractivity contribution in [2.75, 3.05) is 33.8 Å². The zero-order valence-electron chi connectivity index (χ0n) is 15.9. The fourth-order valence-electron chi connectivity index (χ4n) is 2.58. The number of esters is 1. The molecule has 0 fully saturated rings. The van der Waals surface area contributed by atoms with E-state index in [0.29, 0.717) is 13.0 Å². The van der Waals surface area contributed by atoms with Gasteiger partial charge in [-0.2, -0.15) is 0 Å². The largest absolute Gasteiger partial charge is 0.459 e. The monoisotopic (exact) mass is 314 g/mol. The lowest BCUT2D eigenvalue weighted by Crippen LogP contribution is -2.44. The Bertz CT molecular complexity index is 384. The Kier molecular flexibility index (Phi) is 7.76. The zero-order valence-corrected chi connectivity index (χ0v) is 15.9. The maximum absolute atomic E-state index is 12.3. The minimum absolute atomic E-state index is 0.103. The normalized spacial score (nSPS) is 13.1. The van der Waals surface area contributed by atoms with E-state index >= 15 is 0 Å². The zero-order chi connectivity index (χ0) is 17.6. The average molecular weight is 314 g/mol. The van der Waals surface area contributed by atoms with Gasteiger partial charge in [-0.15, -0.1) is 0 Å². The summed E-state index contributed by atoms with van der Waals surface area (Å²) in [7, 11) is 4.32. The Hall–Kier alpha value is -0.900. The summed E-state index contributed by atoms with van der Waals surface area (Å²) in [6.07, 6.45) is 2.86. The van der Waals surface area contributed by atoms with Gasteiger partial charge in [-0.05, 0) is 33.6 Å². The Morgan fingerprint density at radius 3 is 2.00 bits per heavy atom. The molecule has 0 amide bonds. The molecule has 0 heterocycles. The fourth-order valence-corrected chi connectivity index (χ4v) is 2.58. The first-order valence-corrected chi connectivity index (χ1v) is 8.34. The Labute approximate surface area is 136 Å². The molecule has 0 rings (SSSR count). The van der Waals surface area contributed by atoms with Gasteiger partial charge in [0.25, 0.3) is 0 Å². The fraction of sp³-hybridized carbons (Fsp3) is 0.889. The standard InChI is InChI=1S/C18H36NO3/c1-9-10-11-19(7,8)12-13-22-16(21)18(5,6)14-17(3,4)15(2)20/h9-14H2,1-8H3/q+1. The molecule has 130 valence electrons. The highest BCUT2D eigenvalue weighted by atomic mass is 16.5. The molecule has 0 bridgehead atoms. The van der Waals surface area contributed by atoms with Gasteiger partial charge in [-0.25, -0.2) is 0 Å². The van der Waals surface area contributed by atoms with Crippen LogP contribution < -0.4 is 0 Å². The first-order chi connectivity index (χ1) is 9.84. The van der Waals surface area contributed by atoms with Crippen molar-refractivity contribution in [2.45, 2.75) is 60.8 Å². The minimum Gasteiger partial charge on any atom is -0.459 e. The first kappa shape index (κ1) is 21.1. The molecule has 0 aliphatic heterocycles. The third-order valence-corrected chi connectivity index (χ3v) is 4.44. The van der Waals surface area contributed by atoms with Crippen molar-refractivity contribution in [3.8, 4) is 0 Å². The third-order valence-electron chi connectivity index (χ3n) is 4.44. The summed E-state index contributed by atoms with van der Waals surface area (Å²) in [5, 5.41) is 0. The molecule has 0 unspecified atom stereocenters. The summed E-state index contributed by atoms with van der Waals surface area (Å²) in [6, 6.07) is 0. The molecule has 0 aromatic carbocycles. The number of hydrogen-bond donors (Lipinski definition) is 0. The van der Waals surface area contributed by atoms with Gasteiger partial charge in [-0.3, -0.25) is 9.59 Å². The number of carbonyl (C=O) groups excluding carboxylic acids is 2. The van der Waals surface area contributed by atoms with Gasteiger partial charge in [0.2, 0.25) is 0 Å². The molecule has 0 radical (unpaired) electrons. The van der Waals surface area contributed by atoms with E-state index in [1.807, 2.05) is 27.7 Å². The van der Waals surface area contributed by atoms with Crippen molar-refractivity contribution in [3.63, 3.8) is 0 Å². The van der Waals surface area contributed by atoms with Crippen LogP contribution in [0.5, 0.6) is 0 Å². The van der Waals surface area contributed by atoms with Gasteiger partial charge < -0.3 is 9.22 Å². The van der Waals surface area contributed by atoms with Crippen LogP contribution in [0.4, 0.5) is 0 Å². The lowest BCUT2D eigenvalue weighted by Gasteiger charge is -2.33. The number of unbranched alkanes of at least 4 members (excludes halogenated alkanes) is 1. The summed E-state index contributed by atoms with van der Waals surface area (Å²) >= 11 is 0. The number of Topliss-reactive ketones (excluding diaryl/α,β-unsaturated/α-hetero) is 1. The van der Waals surface area contributed by atoms with Crippen molar-refractivity contribution >= 4 is 11.8 Å². The summed E-state index contributed by atoms with van der Waals surface area (Å²) < 4.78 is 6.34. The van der Waals surface area contributed by atoms with Crippen LogP contribution in [0.25, 0.3) is 0 Å². The molecule has 4 nitrogen and oxygen atoms in total. The van der Waals surface area contributed by atoms with E-state index in [2.05, 4.69) is 21.0 Å². The van der Waals surface area contributed by atoms with Crippen LogP contribution in [0.1, 0.15) is 60.8 Å². The second-order valence-electron chi connectivity index (χ2n) is 8.37. The van der Waals surface area contributed by atoms with Crippen LogP contribution in [0.3, 0.4) is 0 Å². The summed E-state index contributed by atoms with van der Waals surface area (Å²) in [5.41, 5.74) is -1.14.